The topological polar surface area (TPSA) is 12.4 Å². The van der Waals surface area contributed by atoms with E-state index < -0.39 is 0 Å². The van der Waals surface area contributed by atoms with Crippen molar-refractivity contribution in [3.63, 3.8) is 0 Å². The Labute approximate surface area is 116 Å². The number of aliphatic imine (C=N–C) groups is 1. The summed E-state index contributed by atoms with van der Waals surface area (Å²) in [6.45, 7) is 13.8. The fraction of sp³-hybridized carbons (Fsp3) is 0.167. The second-order valence-electron chi connectivity index (χ2n) is 4.55. The lowest BCUT2D eigenvalue weighted by Gasteiger charge is -2.00. The molecule has 0 radical (unpaired) electrons. The summed E-state index contributed by atoms with van der Waals surface area (Å²) in [5, 5.41) is 0. The van der Waals surface area contributed by atoms with E-state index in [0.29, 0.717) is 0 Å². The van der Waals surface area contributed by atoms with E-state index in [1.165, 1.54) is 0 Å². The predicted octanol–water partition coefficient (Wildman–Crippen LogP) is 5.41. The van der Waals surface area contributed by atoms with Crippen LogP contribution in [0.4, 0.5) is 5.69 Å². The van der Waals surface area contributed by atoms with Gasteiger partial charge in [-0.25, -0.2) is 0 Å². The van der Waals surface area contributed by atoms with Crippen LogP contribution < -0.4 is 0 Å². The summed E-state index contributed by atoms with van der Waals surface area (Å²) in [6.07, 6.45) is 5.98. The molecule has 0 saturated carbocycles. The Hall–Kier alpha value is -2.15. The van der Waals surface area contributed by atoms with Crippen molar-refractivity contribution in [2.45, 2.75) is 20.8 Å². The number of nitrogens with zero attached hydrogens (tertiary/aromatic N) is 1. The summed E-state index contributed by atoms with van der Waals surface area (Å²) in [7, 11) is 0. The van der Waals surface area contributed by atoms with Gasteiger partial charge in [0.05, 0.1) is 5.69 Å². The minimum Gasteiger partial charge on any atom is -0.253 e. The summed E-state index contributed by atoms with van der Waals surface area (Å²) in [4.78, 5) is 4.57. The van der Waals surface area contributed by atoms with Gasteiger partial charge in [0, 0.05) is 5.71 Å². The highest BCUT2D eigenvalue weighted by Crippen LogP contribution is 2.12. The number of para-hydroxylation sites is 1. The zero-order valence-corrected chi connectivity index (χ0v) is 12.0. The van der Waals surface area contributed by atoms with Gasteiger partial charge in [-0.2, -0.15) is 0 Å². The number of allylic oxidation sites excluding steroid dienone is 6. The third-order valence-corrected chi connectivity index (χ3v) is 2.82. The van der Waals surface area contributed by atoms with E-state index in [9.17, 15) is 0 Å². The molecular weight excluding hydrogens is 230 g/mol. The average molecular weight is 251 g/mol. The molecule has 1 rings (SSSR count). The van der Waals surface area contributed by atoms with Crippen LogP contribution in [0.25, 0.3) is 0 Å². The van der Waals surface area contributed by atoms with Crippen LogP contribution >= 0.6 is 0 Å². The maximum absolute atomic E-state index is 4.57. The van der Waals surface area contributed by atoms with Gasteiger partial charge >= 0.3 is 0 Å². The Bertz CT molecular complexity index is 542. The first-order valence-corrected chi connectivity index (χ1v) is 6.31. The van der Waals surface area contributed by atoms with Crippen molar-refractivity contribution in [2.24, 2.45) is 4.99 Å². The molecule has 0 atom stereocenters. The fourth-order valence-electron chi connectivity index (χ4n) is 1.36. The highest BCUT2D eigenvalue weighted by Gasteiger charge is 1.94. The first kappa shape index (κ1) is 14.9. The lowest BCUT2D eigenvalue weighted by atomic mass is 10.1. The normalized spacial score (nSPS) is 12.8. The SMILES string of the molecule is C=C(C)C(=C)/C=C\C=C(/C)C(C)=Nc1ccccc1. The second kappa shape index (κ2) is 7.32. The Balaban J connectivity index is 2.77. The van der Waals surface area contributed by atoms with Crippen molar-refractivity contribution in [3.8, 4) is 0 Å². The van der Waals surface area contributed by atoms with E-state index in [0.717, 1.165) is 28.1 Å². The van der Waals surface area contributed by atoms with Crippen molar-refractivity contribution in [1.82, 2.24) is 0 Å². The standard InChI is InChI=1S/C18H21N/c1-14(2)15(3)10-9-11-16(4)17(5)19-18-12-7-6-8-13-18/h6-13H,1,3H2,2,4-5H3/b10-9-,16-11+,19-17?. The summed E-state index contributed by atoms with van der Waals surface area (Å²) < 4.78 is 0. The first-order chi connectivity index (χ1) is 9.00. The first-order valence-electron chi connectivity index (χ1n) is 6.31. The molecular formula is C18H21N. The third kappa shape index (κ3) is 5.35. The molecule has 1 heteroatoms. The van der Waals surface area contributed by atoms with Crippen molar-refractivity contribution in [2.75, 3.05) is 0 Å². The van der Waals surface area contributed by atoms with E-state index in [-0.39, 0.29) is 0 Å². The third-order valence-electron chi connectivity index (χ3n) is 2.82. The molecule has 0 aliphatic rings. The summed E-state index contributed by atoms with van der Waals surface area (Å²) >= 11 is 0. The molecule has 0 saturated heterocycles. The van der Waals surface area contributed by atoms with Gasteiger partial charge < -0.3 is 0 Å². The van der Waals surface area contributed by atoms with Crippen molar-refractivity contribution in [1.29, 1.82) is 0 Å². The zero-order chi connectivity index (χ0) is 14.3. The van der Waals surface area contributed by atoms with E-state index in [1.54, 1.807) is 0 Å². The molecule has 0 fully saturated rings. The molecule has 0 spiro atoms. The Morgan fingerprint density at radius 2 is 1.68 bits per heavy atom. The molecule has 0 aromatic heterocycles. The van der Waals surface area contributed by atoms with Crippen molar-refractivity contribution < 1.29 is 0 Å². The summed E-state index contributed by atoms with van der Waals surface area (Å²) in [6, 6.07) is 9.96. The summed E-state index contributed by atoms with van der Waals surface area (Å²) in [5.74, 6) is 0. The quantitative estimate of drug-likeness (QED) is 0.490. The van der Waals surface area contributed by atoms with Crippen LogP contribution in [0.5, 0.6) is 0 Å². The maximum Gasteiger partial charge on any atom is 0.0632 e. The Morgan fingerprint density at radius 3 is 2.26 bits per heavy atom. The van der Waals surface area contributed by atoms with E-state index in [1.807, 2.05) is 62.4 Å². The molecule has 0 amide bonds. The van der Waals surface area contributed by atoms with Crippen LogP contribution in [0.15, 0.2) is 83.4 Å². The van der Waals surface area contributed by atoms with Crippen LogP contribution in [-0.2, 0) is 0 Å². The number of rotatable bonds is 5. The summed E-state index contributed by atoms with van der Waals surface area (Å²) in [5.41, 5.74) is 5.05. The largest absolute Gasteiger partial charge is 0.253 e. The van der Waals surface area contributed by atoms with Gasteiger partial charge in [0.15, 0.2) is 0 Å². The maximum atomic E-state index is 4.57. The van der Waals surface area contributed by atoms with Crippen molar-refractivity contribution >= 4 is 11.4 Å². The minimum absolute atomic E-state index is 0.946. The van der Waals surface area contributed by atoms with Crippen LogP contribution in [0.3, 0.4) is 0 Å². The van der Waals surface area contributed by atoms with Crippen molar-refractivity contribution in [3.05, 3.63) is 78.4 Å². The van der Waals surface area contributed by atoms with Gasteiger partial charge in [-0.3, -0.25) is 4.99 Å². The lowest BCUT2D eigenvalue weighted by Crippen LogP contribution is -1.91. The molecule has 0 heterocycles. The zero-order valence-electron chi connectivity index (χ0n) is 12.0. The molecule has 98 valence electrons. The highest BCUT2D eigenvalue weighted by atomic mass is 14.7. The number of hydrogen-bond donors (Lipinski definition) is 0. The van der Waals surface area contributed by atoms with E-state index >= 15 is 0 Å². The molecule has 0 unspecified atom stereocenters. The van der Waals surface area contributed by atoms with Gasteiger partial charge in [-0.05, 0) is 44.1 Å². The molecule has 0 bridgehead atoms. The van der Waals surface area contributed by atoms with Crippen LogP contribution in [0, 0.1) is 0 Å². The molecule has 0 aliphatic heterocycles. The van der Waals surface area contributed by atoms with Crippen LogP contribution in [0.2, 0.25) is 0 Å². The fourth-order valence-corrected chi connectivity index (χ4v) is 1.36. The highest BCUT2D eigenvalue weighted by molar-refractivity contribution is 5.99. The van der Waals surface area contributed by atoms with Crippen LogP contribution in [0.1, 0.15) is 20.8 Å². The molecule has 0 N–H and O–H groups in total. The van der Waals surface area contributed by atoms with Gasteiger partial charge in [0.2, 0.25) is 0 Å². The van der Waals surface area contributed by atoms with E-state index in [4.69, 9.17) is 0 Å². The molecule has 1 aromatic carbocycles. The predicted molar refractivity (Wildman–Crippen MR) is 86.1 cm³/mol. The number of hydrogen-bond acceptors (Lipinski definition) is 1. The Morgan fingerprint density at radius 1 is 1.05 bits per heavy atom. The number of benzene rings is 1. The lowest BCUT2D eigenvalue weighted by molar-refractivity contribution is 1.44. The molecule has 1 nitrogen and oxygen atoms in total. The second-order valence-corrected chi connectivity index (χ2v) is 4.55. The molecule has 1 aromatic rings. The van der Waals surface area contributed by atoms with Gasteiger partial charge in [-0.15, -0.1) is 0 Å². The Kier molecular flexibility index (Phi) is 5.74. The van der Waals surface area contributed by atoms with E-state index in [2.05, 4.69) is 25.1 Å². The smallest absolute Gasteiger partial charge is 0.0632 e. The van der Waals surface area contributed by atoms with Gasteiger partial charge in [-0.1, -0.05) is 55.2 Å². The van der Waals surface area contributed by atoms with Gasteiger partial charge in [0.25, 0.3) is 0 Å². The monoisotopic (exact) mass is 251 g/mol. The minimum atomic E-state index is 0.946. The van der Waals surface area contributed by atoms with Crippen LogP contribution in [-0.4, -0.2) is 5.71 Å². The molecule has 19 heavy (non-hydrogen) atoms. The average Bonchev–Trinajstić information content (AvgIpc) is 2.39. The molecule has 0 aliphatic carbocycles. The van der Waals surface area contributed by atoms with Gasteiger partial charge in [0.1, 0.15) is 0 Å².